The lowest BCUT2D eigenvalue weighted by molar-refractivity contribution is -0.149. The molecule has 2 N–H and O–H groups in total. The number of rotatable bonds is 9. The predicted molar refractivity (Wildman–Crippen MR) is 119 cm³/mol. The highest BCUT2D eigenvalue weighted by atomic mass is 32.2. The van der Waals surface area contributed by atoms with Gasteiger partial charge in [-0.05, 0) is 19.8 Å². The van der Waals surface area contributed by atoms with E-state index in [0.717, 1.165) is 13.1 Å². The number of amides is 2. The third kappa shape index (κ3) is 3.74. The number of ether oxygens (including phenoxy) is 1. The van der Waals surface area contributed by atoms with Crippen molar-refractivity contribution in [2.45, 2.75) is 41.8 Å². The average Bonchev–Trinajstić information content (AvgIpc) is 3.43. The Morgan fingerprint density at radius 1 is 1.41 bits per heavy atom. The lowest BCUT2D eigenvalue weighted by Gasteiger charge is -2.39. The van der Waals surface area contributed by atoms with Gasteiger partial charge in [0.25, 0.3) is 0 Å². The molecule has 4 saturated heterocycles. The summed E-state index contributed by atoms with van der Waals surface area (Å²) in [5.41, 5.74) is 0. The molecule has 0 aromatic heterocycles. The van der Waals surface area contributed by atoms with Crippen LogP contribution in [0.25, 0.3) is 0 Å². The normalized spacial score (nSPS) is 35.1. The van der Waals surface area contributed by atoms with Gasteiger partial charge >= 0.3 is 5.97 Å². The Morgan fingerprint density at radius 2 is 2.12 bits per heavy atom. The fraction of sp³-hybridized carbons (Fsp3) is 0.773. The molecule has 2 amide bonds. The summed E-state index contributed by atoms with van der Waals surface area (Å²) >= 11 is 1.51. The zero-order chi connectivity index (χ0) is 23.0. The Bertz CT molecular complexity index is 775. The Labute approximate surface area is 192 Å². The first-order valence-electron chi connectivity index (χ1n) is 11.4. The van der Waals surface area contributed by atoms with Gasteiger partial charge in [-0.15, -0.1) is 18.3 Å². The maximum atomic E-state index is 14.0. The number of hydrogen-bond donors (Lipinski definition) is 2. The standard InChI is InChI=1S/C22H33N3O6S/c1-3-6-24(8-7-23-9-11-31-12-10-23)20(28)18-22-5-4-15(32-22)16(21(29)30)17(22)19(27)25(18)14(2)13-26/h3,14-18,26H,1,4-13H2,2H3,(H,29,30)/t14-,15+,16-,17+,18?,22?/m1/s1. The van der Waals surface area contributed by atoms with E-state index in [2.05, 4.69) is 11.5 Å². The highest BCUT2D eigenvalue weighted by molar-refractivity contribution is 8.02. The monoisotopic (exact) mass is 467 g/mol. The molecule has 4 aliphatic rings. The van der Waals surface area contributed by atoms with Crippen molar-refractivity contribution < 1.29 is 29.3 Å². The molecule has 1 spiro atoms. The van der Waals surface area contributed by atoms with Crippen LogP contribution < -0.4 is 0 Å². The van der Waals surface area contributed by atoms with Crippen LogP contribution in [0.1, 0.15) is 19.8 Å². The molecule has 4 heterocycles. The van der Waals surface area contributed by atoms with Crippen LogP contribution in [-0.4, -0.2) is 117 Å². The van der Waals surface area contributed by atoms with Crippen LogP contribution in [0.2, 0.25) is 0 Å². The van der Waals surface area contributed by atoms with Crippen molar-refractivity contribution in [1.29, 1.82) is 0 Å². The number of thioether (sulfide) groups is 1. The number of aliphatic hydroxyl groups excluding tert-OH is 1. The molecule has 0 aromatic carbocycles. The van der Waals surface area contributed by atoms with E-state index in [4.69, 9.17) is 4.74 Å². The van der Waals surface area contributed by atoms with Crippen LogP contribution >= 0.6 is 11.8 Å². The Kier molecular flexibility index (Phi) is 6.86. The molecule has 32 heavy (non-hydrogen) atoms. The van der Waals surface area contributed by atoms with E-state index in [1.807, 2.05) is 0 Å². The third-order valence-corrected chi connectivity index (χ3v) is 9.40. The van der Waals surface area contributed by atoms with E-state index < -0.39 is 34.6 Å². The summed E-state index contributed by atoms with van der Waals surface area (Å²) in [5.74, 6) is -2.96. The number of nitrogens with zero attached hydrogens (tertiary/aromatic N) is 3. The van der Waals surface area contributed by atoms with Gasteiger partial charge in [0.15, 0.2) is 0 Å². The number of carboxylic acids is 1. The number of aliphatic carboxylic acids is 1. The summed E-state index contributed by atoms with van der Waals surface area (Å²) in [7, 11) is 0. The molecule has 0 radical (unpaired) electrons. The fourth-order valence-corrected chi connectivity index (χ4v) is 8.11. The molecule has 4 rings (SSSR count). The van der Waals surface area contributed by atoms with Crippen molar-refractivity contribution in [3.63, 3.8) is 0 Å². The summed E-state index contributed by atoms with van der Waals surface area (Å²) in [5, 5.41) is 19.6. The summed E-state index contributed by atoms with van der Waals surface area (Å²) < 4.78 is 4.65. The van der Waals surface area contributed by atoms with Crippen LogP contribution in [0.4, 0.5) is 0 Å². The van der Waals surface area contributed by atoms with Gasteiger partial charge in [-0.2, -0.15) is 0 Å². The Morgan fingerprint density at radius 3 is 2.75 bits per heavy atom. The quantitative estimate of drug-likeness (QED) is 0.452. The number of carboxylic acid groups (broad SMARTS) is 1. The van der Waals surface area contributed by atoms with Gasteiger partial charge in [-0.1, -0.05) is 6.08 Å². The summed E-state index contributed by atoms with van der Waals surface area (Å²) in [6.07, 6.45) is 3.01. The zero-order valence-electron chi connectivity index (χ0n) is 18.5. The van der Waals surface area contributed by atoms with E-state index in [9.17, 15) is 24.6 Å². The maximum Gasteiger partial charge on any atom is 0.308 e. The fourth-order valence-electron chi connectivity index (χ4n) is 5.92. The van der Waals surface area contributed by atoms with Crippen molar-refractivity contribution in [3.8, 4) is 0 Å². The van der Waals surface area contributed by atoms with Gasteiger partial charge in [0.05, 0.1) is 42.4 Å². The molecule has 2 unspecified atom stereocenters. The topological polar surface area (TPSA) is 111 Å². The number of carbonyl (C=O) groups is 3. The van der Waals surface area contributed by atoms with Crippen molar-refractivity contribution in [2.75, 3.05) is 52.5 Å². The molecular weight excluding hydrogens is 434 g/mol. The number of fused-ring (bicyclic) bond motifs is 1. The number of carbonyl (C=O) groups excluding carboxylic acids is 2. The first-order chi connectivity index (χ1) is 15.4. The molecule has 0 aromatic rings. The van der Waals surface area contributed by atoms with Crippen LogP contribution in [0.15, 0.2) is 12.7 Å². The van der Waals surface area contributed by atoms with Crippen LogP contribution in [-0.2, 0) is 19.1 Å². The largest absolute Gasteiger partial charge is 0.481 e. The van der Waals surface area contributed by atoms with Crippen molar-refractivity contribution in [3.05, 3.63) is 12.7 Å². The van der Waals surface area contributed by atoms with E-state index in [-0.39, 0.29) is 23.7 Å². The zero-order valence-corrected chi connectivity index (χ0v) is 19.3. The van der Waals surface area contributed by atoms with Crippen molar-refractivity contribution in [2.24, 2.45) is 11.8 Å². The minimum atomic E-state index is -0.970. The molecule has 10 heteroatoms. The molecular formula is C22H33N3O6S. The summed E-state index contributed by atoms with van der Waals surface area (Å²) in [6.45, 7) is 9.77. The van der Waals surface area contributed by atoms with Gasteiger partial charge in [-0.3, -0.25) is 19.3 Å². The van der Waals surface area contributed by atoms with Crippen molar-refractivity contribution >= 4 is 29.5 Å². The number of likely N-dealkylation sites (tertiary alicyclic amines) is 1. The molecule has 6 atom stereocenters. The highest BCUT2D eigenvalue weighted by Gasteiger charge is 2.74. The maximum absolute atomic E-state index is 14.0. The lowest BCUT2D eigenvalue weighted by Crippen LogP contribution is -2.57. The van der Waals surface area contributed by atoms with Crippen molar-refractivity contribution in [1.82, 2.24) is 14.7 Å². The van der Waals surface area contributed by atoms with Crippen LogP contribution in [0.5, 0.6) is 0 Å². The lowest BCUT2D eigenvalue weighted by atomic mass is 9.71. The van der Waals surface area contributed by atoms with E-state index in [0.29, 0.717) is 45.7 Å². The Hall–Kier alpha value is -1.62. The van der Waals surface area contributed by atoms with Gasteiger partial charge in [-0.25, -0.2) is 0 Å². The minimum absolute atomic E-state index is 0.149. The predicted octanol–water partition coefficient (Wildman–Crippen LogP) is -0.110. The summed E-state index contributed by atoms with van der Waals surface area (Å²) in [6, 6.07) is -1.33. The van der Waals surface area contributed by atoms with Crippen LogP contribution in [0.3, 0.4) is 0 Å². The van der Waals surface area contributed by atoms with Gasteiger partial charge < -0.3 is 24.7 Å². The first-order valence-corrected chi connectivity index (χ1v) is 12.3. The molecule has 4 aliphatic heterocycles. The van der Waals surface area contributed by atoms with E-state index in [1.165, 1.54) is 16.7 Å². The average molecular weight is 468 g/mol. The number of aliphatic hydroxyl groups is 1. The second-order valence-electron chi connectivity index (χ2n) is 9.20. The number of morpholine rings is 1. The van der Waals surface area contributed by atoms with E-state index >= 15 is 0 Å². The third-order valence-electron chi connectivity index (χ3n) is 7.45. The number of hydrogen-bond acceptors (Lipinski definition) is 7. The molecule has 0 saturated carbocycles. The highest BCUT2D eigenvalue weighted by Crippen LogP contribution is 2.66. The van der Waals surface area contributed by atoms with Gasteiger partial charge in [0, 0.05) is 38.0 Å². The second-order valence-corrected chi connectivity index (χ2v) is 10.8. The first kappa shape index (κ1) is 23.5. The Balaban J connectivity index is 1.63. The van der Waals surface area contributed by atoms with E-state index in [1.54, 1.807) is 17.9 Å². The smallest absolute Gasteiger partial charge is 0.308 e. The van der Waals surface area contributed by atoms with Gasteiger partial charge in [0.2, 0.25) is 11.8 Å². The SMILES string of the molecule is C=CCN(CCN1CCOCC1)C(=O)C1N([C@H](C)CO)C(=O)[C@@H]2[C@H](C(=O)O)[C@@H]3CCC12S3. The van der Waals surface area contributed by atoms with Gasteiger partial charge in [0.1, 0.15) is 6.04 Å². The minimum Gasteiger partial charge on any atom is -0.481 e. The molecule has 4 fully saturated rings. The molecule has 0 aliphatic carbocycles. The summed E-state index contributed by atoms with van der Waals surface area (Å²) in [4.78, 5) is 45.0. The molecule has 178 valence electrons. The molecule has 9 nitrogen and oxygen atoms in total. The molecule has 2 bridgehead atoms. The van der Waals surface area contributed by atoms with Crippen LogP contribution in [0, 0.1) is 11.8 Å². The second kappa shape index (κ2) is 9.32.